The zero-order valence-electron chi connectivity index (χ0n) is 12.2. The first-order valence-electron chi connectivity index (χ1n) is 7.05. The van der Waals surface area contributed by atoms with Crippen LogP contribution < -0.4 is 5.32 Å². The normalized spacial score (nSPS) is 14.4. The smallest absolute Gasteiger partial charge is 0.0699 e. The van der Waals surface area contributed by atoms with Crippen molar-refractivity contribution in [3.8, 4) is 0 Å². The molecule has 2 nitrogen and oxygen atoms in total. The fourth-order valence-electron chi connectivity index (χ4n) is 2.06. The molecule has 102 valence electrons. The van der Waals surface area contributed by atoms with Crippen molar-refractivity contribution in [1.29, 1.82) is 0 Å². The summed E-state index contributed by atoms with van der Waals surface area (Å²) in [6.07, 6.45) is 3.52. The van der Waals surface area contributed by atoms with Crippen molar-refractivity contribution >= 4 is 0 Å². The molecule has 0 bridgehead atoms. The van der Waals surface area contributed by atoms with Gasteiger partial charge in [-0.1, -0.05) is 38.1 Å². The van der Waals surface area contributed by atoms with Crippen molar-refractivity contribution < 1.29 is 4.74 Å². The molecule has 2 atom stereocenters. The van der Waals surface area contributed by atoms with Crippen molar-refractivity contribution in [2.45, 2.75) is 52.2 Å². The van der Waals surface area contributed by atoms with Gasteiger partial charge in [0, 0.05) is 13.2 Å². The third kappa shape index (κ3) is 4.79. The van der Waals surface area contributed by atoms with Crippen molar-refractivity contribution in [2.75, 3.05) is 13.7 Å². The van der Waals surface area contributed by atoms with E-state index in [1.54, 1.807) is 7.11 Å². The second kappa shape index (κ2) is 8.28. The minimum atomic E-state index is 0.238. The zero-order chi connectivity index (χ0) is 13.4. The molecule has 1 N–H and O–H groups in total. The van der Waals surface area contributed by atoms with Crippen molar-refractivity contribution in [3.05, 3.63) is 35.4 Å². The van der Waals surface area contributed by atoms with E-state index in [0.717, 1.165) is 25.8 Å². The highest BCUT2D eigenvalue weighted by atomic mass is 16.5. The third-order valence-corrected chi connectivity index (χ3v) is 3.48. The molecule has 1 rings (SSSR count). The van der Waals surface area contributed by atoms with Gasteiger partial charge in [0.05, 0.1) is 6.10 Å². The third-order valence-electron chi connectivity index (χ3n) is 3.48. The van der Waals surface area contributed by atoms with E-state index in [4.69, 9.17) is 4.74 Å². The largest absolute Gasteiger partial charge is 0.380 e. The lowest BCUT2D eigenvalue weighted by Gasteiger charge is -2.24. The van der Waals surface area contributed by atoms with E-state index in [-0.39, 0.29) is 6.10 Å². The molecular formula is C16H27NO. The Morgan fingerprint density at radius 2 is 1.72 bits per heavy atom. The second-order valence-electron chi connectivity index (χ2n) is 4.88. The van der Waals surface area contributed by atoms with Crippen molar-refractivity contribution in [1.82, 2.24) is 5.32 Å². The van der Waals surface area contributed by atoms with Crippen LogP contribution in [-0.4, -0.2) is 25.8 Å². The first-order valence-corrected chi connectivity index (χ1v) is 7.05. The molecule has 2 unspecified atom stereocenters. The van der Waals surface area contributed by atoms with Gasteiger partial charge < -0.3 is 10.1 Å². The fraction of sp³-hybridized carbons (Fsp3) is 0.625. The molecule has 18 heavy (non-hydrogen) atoms. The molecule has 0 saturated heterocycles. The van der Waals surface area contributed by atoms with E-state index in [1.165, 1.54) is 11.1 Å². The lowest BCUT2D eigenvalue weighted by molar-refractivity contribution is 0.0831. The van der Waals surface area contributed by atoms with E-state index >= 15 is 0 Å². The Kier molecular flexibility index (Phi) is 6.99. The maximum Gasteiger partial charge on any atom is 0.0699 e. The predicted octanol–water partition coefficient (Wildman–Crippen LogP) is 3.19. The summed E-state index contributed by atoms with van der Waals surface area (Å²) in [4.78, 5) is 0. The summed E-state index contributed by atoms with van der Waals surface area (Å²) >= 11 is 0. The van der Waals surface area contributed by atoms with Gasteiger partial charge in [0.25, 0.3) is 0 Å². The minimum absolute atomic E-state index is 0.238. The summed E-state index contributed by atoms with van der Waals surface area (Å²) in [6, 6.07) is 9.32. The molecule has 0 saturated carbocycles. The Morgan fingerprint density at radius 1 is 1.11 bits per heavy atom. The zero-order valence-corrected chi connectivity index (χ0v) is 12.2. The molecule has 0 radical (unpaired) electrons. The van der Waals surface area contributed by atoms with Crippen LogP contribution in [0.5, 0.6) is 0 Å². The number of rotatable bonds is 8. The van der Waals surface area contributed by atoms with Gasteiger partial charge in [0.2, 0.25) is 0 Å². The monoisotopic (exact) mass is 249 g/mol. The fourth-order valence-corrected chi connectivity index (χ4v) is 2.06. The number of aryl methyl sites for hydroxylation is 1. The summed E-state index contributed by atoms with van der Waals surface area (Å²) in [5.74, 6) is 0. The maximum atomic E-state index is 5.46. The van der Waals surface area contributed by atoms with Gasteiger partial charge in [0.1, 0.15) is 0 Å². The van der Waals surface area contributed by atoms with Crippen LogP contribution in [0.4, 0.5) is 0 Å². The number of hydrogen-bond donors (Lipinski definition) is 1. The molecule has 1 aromatic carbocycles. The average Bonchev–Trinajstić information content (AvgIpc) is 2.43. The van der Waals surface area contributed by atoms with Crippen LogP contribution in [0.25, 0.3) is 0 Å². The Bertz CT molecular complexity index is 320. The van der Waals surface area contributed by atoms with E-state index in [9.17, 15) is 0 Å². The molecule has 0 aliphatic carbocycles. The summed E-state index contributed by atoms with van der Waals surface area (Å²) in [5.41, 5.74) is 2.78. The van der Waals surface area contributed by atoms with Crippen LogP contribution >= 0.6 is 0 Å². The molecule has 1 aromatic rings. The van der Waals surface area contributed by atoms with Crippen LogP contribution in [0, 0.1) is 0 Å². The highest BCUT2D eigenvalue weighted by Crippen LogP contribution is 2.10. The molecule has 0 aliphatic heterocycles. The molecule has 2 heteroatoms. The standard InChI is InChI=1S/C16H27NO/c1-5-11-17-16(13(3)18-4)12-15-9-7-14(6-2)8-10-15/h7-10,13,16-17H,5-6,11-12H2,1-4H3. The molecule has 0 spiro atoms. The van der Waals surface area contributed by atoms with Crippen molar-refractivity contribution in [3.63, 3.8) is 0 Å². The lowest BCUT2D eigenvalue weighted by atomic mass is 10.00. The number of methoxy groups -OCH3 is 1. The van der Waals surface area contributed by atoms with Gasteiger partial charge in [0.15, 0.2) is 0 Å². The number of hydrogen-bond acceptors (Lipinski definition) is 2. The van der Waals surface area contributed by atoms with E-state index < -0.39 is 0 Å². The second-order valence-corrected chi connectivity index (χ2v) is 4.88. The van der Waals surface area contributed by atoms with Crippen LogP contribution in [0.2, 0.25) is 0 Å². The highest BCUT2D eigenvalue weighted by molar-refractivity contribution is 5.23. The molecule has 0 fully saturated rings. The van der Waals surface area contributed by atoms with Gasteiger partial charge in [-0.3, -0.25) is 0 Å². The quantitative estimate of drug-likeness (QED) is 0.764. The summed E-state index contributed by atoms with van der Waals surface area (Å²) in [5, 5.41) is 3.57. The lowest BCUT2D eigenvalue weighted by Crippen LogP contribution is -2.41. The number of nitrogens with one attached hydrogen (secondary N) is 1. The van der Waals surface area contributed by atoms with Crippen LogP contribution in [0.3, 0.4) is 0 Å². The molecule has 0 aromatic heterocycles. The summed E-state index contributed by atoms with van der Waals surface area (Å²) in [7, 11) is 1.78. The van der Waals surface area contributed by atoms with Gasteiger partial charge in [-0.15, -0.1) is 0 Å². The Hall–Kier alpha value is -0.860. The topological polar surface area (TPSA) is 21.3 Å². The Balaban J connectivity index is 2.62. The van der Waals surface area contributed by atoms with E-state index in [2.05, 4.69) is 50.4 Å². The van der Waals surface area contributed by atoms with Gasteiger partial charge in [-0.05, 0) is 43.9 Å². The Labute approximate surface area is 112 Å². The highest BCUT2D eigenvalue weighted by Gasteiger charge is 2.16. The summed E-state index contributed by atoms with van der Waals surface area (Å²) in [6.45, 7) is 7.56. The van der Waals surface area contributed by atoms with E-state index in [1.807, 2.05) is 0 Å². The molecule has 0 amide bonds. The van der Waals surface area contributed by atoms with Gasteiger partial charge >= 0.3 is 0 Å². The number of ether oxygens (including phenoxy) is 1. The van der Waals surface area contributed by atoms with Gasteiger partial charge in [-0.2, -0.15) is 0 Å². The van der Waals surface area contributed by atoms with E-state index in [0.29, 0.717) is 6.04 Å². The first kappa shape index (κ1) is 15.2. The summed E-state index contributed by atoms with van der Waals surface area (Å²) < 4.78 is 5.46. The minimum Gasteiger partial charge on any atom is -0.380 e. The SMILES string of the molecule is CCCNC(Cc1ccc(CC)cc1)C(C)OC. The molecular weight excluding hydrogens is 222 g/mol. The van der Waals surface area contributed by atoms with Crippen LogP contribution in [0.1, 0.15) is 38.3 Å². The average molecular weight is 249 g/mol. The molecule has 0 aliphatic rings. The molecule has 0 heterocycles. The van der Waals surface area contributed by atoms with Gasteiger partial charge in [-0.25, -0.2) is 0 Å². The van der Waals surface area contributed by atoms with Crippen LogP contribution in [0.15, 0.2) is 24.3 Å². The predicted molar refractivity (Wildman–Crippen MR) is 78.1 cm³/mol. The Morgan fingerprint density at radius 3 is 2.22 bits per heavy atom. The van der Waals surface area contributed by atoms with Crippen molar-refractivity contribution in [2.24, 2.45) is 0 Å². The van der Waals surface area contributed by atoms with Crippen LogP contribution in [-0.2, 0) is 17.6 Å². The first-order chi connectivity index (χ1) is 8.71. The number of benzene rings is 1. The maximum absolute atomic E-state index is 5.46.